The third kappa shape index (κ3) is 6.86. The maximum atomic E-state index is 14.2. The second-order valence-corrected chi connectivity index (χ2v) is 8.17. The Bertz CT molecular complexity index is 935. The maximum absolute atomic E-state index is 14.2. The van der Waals surface area contributed by atoms with Crippen LogP contribution in [0.25, 0.3) is 0 Å². The number of hydrogen-bond donors (Lipinski definition) is 3. The van der Waals surface area contributed by atoms with Crippen molar-refractivity contribution in [3.05, 3.63) is 29.6 Å². The molecule has 4 amide bonds. The number of hydrogen-bond acceptors (Lipinski definition) is 5. The summed E-state index contributed by atoms with van der Waals surface area (Å²) in [6.45, 7) is -0.0575. The molecule has 1 aromatic carbocycles. The van der Waals surface area contributed by atoms with E-state index in [1.54, 1.807) is 4.90 Å². The van der Waals surface area contributed by atoms with Crippen LogP contribution in [-0.2, 0) is 6.54 Å². The predicted octanol–water partition coefficient (Wildman–Crippen LogP) is 2.31. The molecule has 3 rings (SSSR count). The lowest BCUT2D eigenvalue weighted by atomic mass is 9.94. The molecule has 34 heavy (non-hydrogen) atoms. The number of benzene rings is 1. The summed E-state index contributed by atoms with van der Waals surface area (Å²) >= 11 is 0. The lowest BCUT2D eigenvalue weighted by Crippen LogP contribution is -2.58. The second-order valence-electron chi connectivity index (χ2n) is 8.17. The molecule has 1 saturated carbocycles. The Morgan fingerprint density at radius 1 is 1.24 bits per heavy atom. The minimum Gasteiger partial charge on any atom is -0.406 e. The van der Waals surface area contributed by atoms with Crippen LogP contribution in [0.15, 0.2) is 18.2 Å². The molecule has 2 fully saturated rings. The van der Waals surface area contributed by atoms with E-state index in [-0.39, 0.29) is 44.4 Å². The number of alkyl halides is 3. The Morgan fingerprint density at radius 2 is 1.97 bits per heavy atom. The van der Waals surface area contributed by atoms with Crippen LogP contribution in [0.3, 0.4) is 0 Å². The number of urea groups is 2. The number of rotatable bonds is 7. The molecule has 0 aromatic heterocycles. The van der Waals surface area contributed by atoms with E-state index < -0.39 is 42.0 Å². The standard InChI is InChI=1S/C21H25F4N5O4/c22-18-8-17(34-21(23,24)25)4-1-14(18)10-28-20(33)30(15-2-3-15)16-7-13(9-26)11-29(12-16)19(32)27-5-6-31/h1,4,8,13,15-16,31H,2-3,5-7,10-12H2,(H,27,32)(H,28,33). The van der Waals surface area contributed by atoms with Crippen LogP contribution in [0.5, 0.6) is 5.75 Å². The molecule has 0 radical (unpaired) electrons. The highest BCUT2D eigenvalue weighted by Gasteiger charge is 2.42. The van der Waals surface area contributed by atoms with Gasteiger partial charge >= 0.3 is 18.4 Å². The van der Waals surface area contributed by atoms with Crippen LogP contribution in [0.2, 0.25) is 0 Å². The zero-order valence-corrected chi connectivity index (χ0v) is 18.1. The number of halogens is 4. The monoisotopic (exact) mass is 487 g/mol. The highest BCUT2D eigenvalue weighted by molar-refractivity contribution is 5.76. The third-order valence-corrected chi connectivity index (χ3v) is 5.54. The van der Waals surface area contributed by atoms with Gasteiger partial charge in [0.05, 0.1) is 24.6 Å². The SMILES string of the molecule is N#CC1CC(N(C(=O)NCc2ccc(OC(F)(F)F)cc2F)C2CC2)CN(C(=O)NCCO)C1. The second kappa shape index (κ2) is 10.8. The summed E-state index contributed by atoms with van der Waals surface area (Å²) in [7, 11) is 0. The Labute approximate surface area is 193 Å². The van der Waals surface area contributed by atoms with Crippen molar-refractivity contribution in [1.29, 1.82) is 5.26 Å². The quantitative estimate of drug-likeness (QED) is 0.511. The van der Waals surface area contributed by atoms with E-state index in [2.05, 4.69) is 21.4 Å². The van der Waals surface area contributed by atoms with Crippen molar-refractivity contribution in [2.75, 3.05) is 26.2 Å². The van der Waals surface area contributed by atoms with Crippen molar-refractivity contribution in [1.82, 2.24) is 20.4 Å². The average molecular weight is 487 g/mol. The number of aliphatic hydroxyl groups excluding tert-OH is 1. The minimum absolute atomic E-state index is 0.0258. The topological polar surface area (TPSA) is 118 Å². The number of piperidine rings is 1. The minimum atomic E-state index is -4.95. The Balaban J connectivity index is 1.66. The van der Waals surface area contributed by atoms with E-state index in [1.807, 2.05) is 0 Å². The molecule has 0 spiro atoms. The first-order chi connectivity index (χ1) is 16.1. The molecule has 186 valence electrons. The number of nitrogens with one attached hydrogen (secondary N) is 2. The highest BCUT2D eigenvalue weighted by atomic mass is 19.4. The molecule has 2 aliphatic rings. The van der Waals surface area contributed by atoms with Crippen LogP contribution in [0.4, 0.5) is 27.2 Å². The molecule has 9 nitrogen and oxygen atoms in total. The average Bonchev–Trinajstić information content (AvgIpc) is 3.60. The molecule has 3 N–H and O–H groups in total. The van der Waals surface area contributed by atoms with E-state index in [1.165, 1.54) is 4.90 Å². The normalized spacial score (nSPS) is 20.3. The first-order valence-corrected chi connectivity index (χ1v) is 10.7. The summed E-state index contributed by atoms with van der Waals surface area (Å²) in [5.74, 6) is -2.16. The van der Waals surface area contributed by atoms with Gasteiger partial charge in [0.1, 0.15) is 11.6 Å². The molecular formula is C21H25F4N5O4. The molecule has 1 heterocycles. The number of aliphatic hydroxyl groups is 1. The van der Waals surface area contributed by atoms with Gasteiger partial charge in [-0.05, 0) is 25.3 Å². The smallest absolute Gasteiger partial charge is 0.406 e. The lowest BCUT2D eigenvalue weighted by Gasteiger charge is -2.41. The zero-order chi connectivity index (χ0) is 24.9. The Morgan fingerprint density at radius 3 is 2.56 bits per heavy atom. The molecule has 2 atom stereocenters. The number of ether oxygens (including phenoxy) is 1. The van der Waals surface area contributed by atoms with Crippen LogP contribution >= 0.6 is 0 Å². The number of nitriles is 1. The first kappa shape index (κ1) is 25.4. The first-order valence-electron chi connectivity index (χ1n) is 10.7. The van der Waals surface area contributed by atoms with Gasteiger partial charge in [-0.25, -0.2) is 14.0 Å². The number of likely N-dealkylation sites (tertiary alicyclic amines) is 1. The number of nitrogens with zero attached hydrogens (tertiary/aromatic N) is 3. The maximum Gasteiger partial charge on any atom is 0.573 e. The van der Waals surface area contributed by atoms with E-state index in [0.29, 0.717) is 12.5 Å². The summed E-state index contributed by atoms with van der Waals surface area (Å²) in [4.78, 5) is 28.3. The number of carbonyl (C=O) groups excluding carboxylic acids is 2. The number of amides is 4. The van der Waals surface area contributed by atoms with Crippen molar-refractivity contribution in [2.45, 2.75) is 44.3 Å². The summed E-state index contributed by atoms with van der Waals surface area (Å²) in [6, 6.07) is 3.29. The molecule has 1 aliphatic carbocycles. The van der Waals surface area contributed by atoms with Crippen LogP contribution < -0.4 is 15.4 Å². The largest absolute Gasteiger partial charge is 0.573 e. The fraction of sp³-hybridized carbons (Fsp3) is 0.571. The van der Waals surface area contributed by atoms with Gasteiger partial charge in [0, 0.05) is 43.9 Å². The van der Waals surface area contributed by atoms with E-state index in [9.17, 15) is 32.4 Å². The van der Waals surface area contributed by atoms with Gasteiger partial charge in [0.15, 0.2) is 0 Å². The third-order valence-electron chi connectivity index (χ3n) is 5.54. The van der Waals surface area contributed by atoms with Crippen molar-refractivity contribution in [3.8, 4) is 11.8 Å². The summed E-state index contributed by atoms with van der Waals surface area (Å²) < 4.78 is 54.8. The molecule has 1 aromatic rings. The molecule has 1 saturated heterocycles. The van der Waals surface area contributed by atoms with Gasteiger partial charge in [0.25, 0.3) is 0 Å². The fourth-order valence-electron chi connectivity index (χ4n) is 3.92. The predicted molar refractivity (Wildman–Crippen MR) is 110 cm³/mol. The summed E-state index contributed by atoms with van der Waals surface area (Å²) in [5.41, 5.74) is -0.0258. The summed E-state index contributed by atoms with van der Waals surface area (Å²) in [6.07, 6.45) is -3.09. The van der Waals surface area contributed by atoms with Crippen LogP contribution in [0, 0.1) is 23.1 Å². The Hall–Kier alpha value is -3.27. The van der Waals surface area contributed by atoms with Gasteiger partial charge in [-0.15, -0.1) is 13.2 Å². The van der Waals surface area contributed by atoms with Crippen molar-refractivity contribution >= 4 is 12.1 Å². The van der Waals surface area contributed by atoms with Crippen molar-refractivity contribution in [2.24, 2.45) is 5.92 Å². The molecule has 0 bridgehead atoms. The van der Waals surface area contributed by atoms with Crippen molar-refractivity contribution in [3.63, 3.8) is 0 Å². The number of carbonyl (C=O) groups is 2. The molecular weight excluding hydrogens is 462 g/mol. The zero-order valence-electron chi connectivity index (χ0n) is 18.1. The summed E-state index contributed by atoms with van der Waals surface area (Å²) in [5, 5.41) is 23.5. The van der Waals surface area contributed by atoms with Gasteiger partial charge in [-0.1, -0.05) is 6.07 Å². The van der Waals surface area contributed by atoms with E-state index >= 15 is 0 Å². The van der Waals surface area contributed by atoms with Crippen LogP contribution in [0.1, 0.15) is 24.8 Å². The van der Waals surface area contributed by atoms with Crippen molar-refractivity contribution < 1.29 is 37.0 Å². The molecule has 1 aliphatic heterocycles. The molecule has 13 heteroatoms. The molecule has 2 unspecified atom stereocenters. The van der Waals surface area contributed by atoms with Gasteiger partial charge in [-0.3, -0.25) is 0 Å². The van der Waals surface area contributed by atoms with Gasteiger partial charge < -0.3 is 30.3 Å². The Kier molecular flexibility index (Phi) is 8.03. The van der Waals surface area contributed by atoms with Crippen LogP contribution in [-0.4, -0.2) is 71.7 Å². The fourth-order valence-corrected chi connectivity index (χ4v) is 3.92. The van der Waals surface area contributed by atoms with Gasteiger partial charge in [0.2, 0.25) is 0 Å². The van der Waals surface area contributed by atoms with E-state index in [0.717, 1.165) is 25.0 Å². The van der Waals surface area contributed by atoms with E-state index in [4.69, 9.17) is 5.11 Å². The highest BCUT2D eigenvalue weighted by Crippen LogP contribution is 2.33. The van der Waals surface area contributed by atoms with Gasteiger partial charge in [-0.2, -0.15) is 5.26 Å². The lowest BCUT2D eigenvalue weighted by molar-refractivity contribution is -0.274.